The minimum atomic E-state index is -1.04. The van der Waals surface area contributed by atoms with Crippen molar-refractivity contribution in [2.75, 3.05) is 0 Å². The number of hydrogen-bond donors (Lipinski definition) is 1. The maximum atomic E-state index is 11.5. The van der Waals surface area contributed by atoms with E-state index >= 15 is 0 Å². The molecule has 2 aromatic heterocycles. The third-order valence-electron chi connectivity index (χ3n) is 3.92. The molecule has 0 radical (unpaired) electrons. The van der Waals surface area contributed by atoms with Gasteiger partial charge >= 0.3 is 5.97 Å². The second-order valence-corrected chi connectivity index (χ2v) is 5.18. The van der Waals surface area contributed by atoms with Crippen molar-refractivity contribution in [1.29, 1.82) is 0 Å². The zero-order chi connectivity index (χ0) is 15.3. The first-order valence-corrected chi connectivity index (χ1v) is 6.87. The molecule has 0 unspecified atom stereocenters. The van der Waals surface area contributed by atoms with E-state index in [0.717, 1.165) is 22.8 Å². The highest BCUT2D eigenvalue weighted by atomic mass is 16.4. The summed E-state index contributed by atoms with van der Waals surface area (Å²) in [6, 6.07) is 7.81. The summed E-state index contributed by atoms with van der Waals surface area (Å²) >= 11 is 0. The Hall–Kier alpha value is -3.02. The van der Waals surface area contributed by atoms with E-state index in [1.165, 1.54) is 6.33 Å². The molecule has 0 atom stereocenters. The van der Waals surface area contributed by atoms with Crippen molar-refractivity contribution in [2.24, 2.45) is 0 Å². The van der Waals surface area contributed by atoms with Gasteiger partial charge in [0, 0.05) is 29.4 Å². The van der Waals surface area contributed by atoms with Gasteiger partial charge in [0.2, 0.25) is 0 Å². The van der Waals surface area contributed by atoms with E-state index < -0.39 is 5.97 Å². The molecule has 6 nitrogen and oxygen atoms in total. The van der Waals surface area contributed by atoms with Gasteiger partial charge in [-0.3, -0.25) is 4.57 Å². The van der Waals surface area contributed by atoms with Crippen LogP contribution in [0.5, 0.6) is 0 Å². The van der Waals surface area contributed by atoms with Gasteiger partial charge in [0.15, 0.2) is 5.69 Å². The molecule has 3 aromatic rings. The second kappa shape index (κ2) is 4.49. The third kappa shape index (κ3) is 1.67. The van der Waals surface area contributed by atoms with Gasteiger partial charge in [-0.2, -0.15) is 0 Å². The van der Waals surface area contributed by atoms with Crippen molar-refractivity contribution in [3.05, 3.63) is 59.6 Å². The molecular formula is C16H12N4O2. The maximum Gasteiger partial charge on any atom is 0.354 e. The molecule has 1 N–H and O–H groups in total. The minimum Gasteiger partial charge on any atom is -0.476 e. The lowest BCUT2D eigenvalue weighted by Crippen LogP contribution is -2.09. The highest BCUT2D eigenvalue weighted by Crippen LogP contribution is 2.35. The summed E-state index contributed by atoms with van der Waals surface area (Å²) in [5.41, 5.74) is 4.13. The monoisotopic (exact) mass is 292 g/mol. The van der Waals surface area contributed by atoms with Crippen LogP contribution < -0.4 is 0 Å². The van der Waals surface area contributed by atoms with Crippen molar-refractivity contribution < 1.29 is 9.90 Å². The van der Waals surface area contributed by atoms with Crippen LogP contribution in [0, 0.1) is 6.92 Å². The van der Waals surface area contributed by atoms with Crippen molar-refractivity contribution in [3.63, 3.8) is 0 Å². The summed E-state index contributed by atoms with van der Waals surface area (Å²) < 4.78 is 2.04. The van der Waals surface area contributed by atoms with Gasteiger partial charge in [0.05, 0.1) is 11.4 Å². The number of para-hydroxylation sites is 1. The Bertz CT molecular complexity index is 914. The Morgan fingerprint density at radius 3 is 2.86 bits per heavy atom. The predicted molar refractivity (Wildman–Crippen MR) is 79.1 cm³/mol. The van der Waals surface area contributed by atoms with Crippen LogP contribution in [0.1, 0.15) is 27.6 Å². The van der Waals surface area contributed by atoms with Crippen molar-refractivity contribution in [3.8, 4) is 16.9 Å². The summed E-state index contributed by atoms with van der Waals surface area (Å²) in [6.07, 6.45) is 3.53. The van der Waals surface area contributed by atoms with Gasteiger partial charge in [0.1, 0.15) is 12.2 Å². The lowest BCUT2D eigenvalue weighted by atomic mass is 10.0. The Balaban J connectivity index is 2.13. The van der Waals surface area contributed by atoms with Crippen LogP contribution in [-0.2, 0) is 6.42 Å². The Morgan fingerprint density at radius 1 is 1.23 bits per heavy atom. The summed E-state index contributed by atoms with van der Waals surface area (Å²) in [7, 11) is 0. The number of rotatable bonds is 1. The van der Waals surface area contributed by atoms with E-state index in [9.17, 15) is 9.90 Å². The second-order valence-electron chi connectivity index (χ2n) is 5.18. The van der Waals surface area contributed by atoms with Crippen LogP contribution in [0.15, 0.2) is 36.8 Å². The van der Waals surface area contributed by atoms with Gasteiger partial charge in [0.25, 0.3) is 0 Å². The highest BCUT2D eigenvalue weighted by molar-refractivity contribution is 5.90. The third-order valence-corrected chi connectivity index (χ3v) is 3.92. The SMILES string of the molecule is Cc1ncc2n1-c1ccccc1-c1ncnc(C(=O)O)c1C2. The number of aromatic nitrogens is 4. The van der Waals surface area contributed by atoms with Gasteiger partial charge < -0.3 is 5.11 Å². The molecule has 1 aromatic carbocycles. The lowest BCUT2D eigenvalue weighted by Gasteiger charge is -2.11. The molecule has 0 fully saturated rings. The molecule has 0 saturated heterocycles. The maximum absolute atomic E-state index is 11.5. The molecule has 0 saturated carbocycles. The number of carboxylic acid groups (broad SMARTS) is 1. The van der Waals surface area contributed by atoms with Gasteiger partial charge in [-0.05, 0) is 13.0 Å². The smallest absolute Gasteiger partial charge is 0.354 e. The molecule has 1 aliphatic rings. The standard InChI is InChI=1S/C16H12N4O2/c1-9-17-7-10-6-12-14(18-8-19-15(12)16(21)22)11-4-2-3-5-13(11)20(9)10/h2-5,7-8H,6H2,1H3,(H,21,22). The number of fused-ring (bicyclic) bond motifs is 5. The van der Waals surface area contributed by atoms with Crippen molar-refractivity contribution >= 4 is 5.97 Å². The number of imidazole rings is 1. The molecule has 1 aliphatic heterocycles. The fourth-order valence-electron chi connectivity index (χ4n) is 2.99. The highest BCUT2D eigenvalue weighted by Gasteiger charge is 2.26. The zero-order valence-corrected chi connectivity index (χ0v) is 11.8. The van der Waals surface area contributed by atoms with E-state index in [1.54, 1.807) is 6.20 Å². The molecule has 108 valence electrons. The summed E-state index contributed by atoms with van der Waals surface area (Å²) in [6.45, 7) is 1.93. The van der Waals surface area contributed by atoms with Crippen LogP contribution in [0.3, 0.4) is 0 Å². The van der Waals surface area contributed by atoms with E-state index in [4.69, 9.17) is 0 Å². The van der Waals surface area contributed by atoms with E-state index in [1.807, 2.05) is 35.8 Å². The first kappa shape index (κ1) is 12.7. The van der Waals surface area contributed by atoms with Crippen LogP contribution in [-0.4, -0.2) is 30.6 Å². The Kier molecular flexibility index (Phi) is 2.59. The molecule has 4 rings (SSSR count). The Labute approximate surface area is 126 Å². The topological polar surface area (TPSA) is 80.9 Å². The number of aryl methyl sites for hydroxylation is 1. The van der Waals surface area contributed by atoms with Gasteiger partial charge in [-0.1, -0.05) is 18.2 Å². The Morgan fingerprint density at radius 2 is 2.05 bits per heavy atom. The van der Waals surface area contributed by atoms with E-state index in [2.05, 4.69) is 15.0 Å². The number of benzene rings is 1. The molecule has 3 heterocycles. The number of carbonyl (C=O) groups is 1. The van der Waals surface area contributed by atoms with Crippen LogP contribution >= 0.6 is 0 Å². The lowest BCUT2D eigenvalue weighted by molar-refractivity contribution is 0.0689. The molecule has 0 spiro atoms. The first-order chi connectivity index (χ1) is 10.7. The quantitative estimate of drug-likeness (QED) is 0.582. The van der Waals surface area contributed by atoms with Crippen LogP contribution in [0.2, 0.25) is 0 Å². The van der Waals surface area contributed by atoms with Crippen LogP contribution in [0.25, 0.3) is 16.9 Å². The minimum absolute atomic E-state index is 0.0482. The van der Waals surface area contributed by atoms with Gasteiger partial charge in [-0.25, -0.2) is 19.7 Å². The molecule has 0 bridgehead atoms. The fraction of sp³-hybridized carbons (Fsp3) is 0.125. The number of carboxylic acids is 1. The molecule has 0 amide bonds. The van der Waals surface area contributed by atoms with Crippen LogP contribution in [0.4, 0.5) is 0 Å². The molecule has 0 aliphatic carbocycles. The largest absolute Gasteiger partial charge is 0.476 e. The zero-order valence-electron chi connectivity index (χ0n) is 11.8. The average molecular weight is 292 g/mol. The fourth-order valence-corrected chi connectivity index (χ4v) is 2.99. The van der Waals surface area contributed by atoms with E-state index in [-0.39, 0.29) is 5.69 Å². The van der Waals surface area contributed by atoms with Gasteiger partial charge in [-0.15, -0.1) is 0 Å². The normalized spacial score (nSPS) is 12.0. The summed E-state index contributed by atoms with van der Waals surface area (Å²) in [4.78, 5) is 24.2. The number of nitrogens with zero attached hydrogens (tertiary/aromatic N) is 4. The number of aromatic carboxylic acids is 1. The molecule has 22 heavy (non-hydrogen) atoms. The molecule has 6 heteroatoms. The predicted octanol–water partition coefficient (Wildman–Crippen LogP) is 2.24. The van der Waals surface area contributed by atoms with Crippen molar-refractivity contribution in [2.45, 2.75) is 13.3 Å². The summed E-state index contributed by atoms with van der Waals surface area (Å²) in [5, 5.41) is 9.42. The molecular weight excluding hydrogens is 280 g/mol. The average Bonchev–Trinajstić information content (AvgIpc) is 2.80. The summed E-state index contributed by atoms with van der Waals surface area (Å²) in [5.74, 6) is -0.180. The first-order valence-electron chi connectivity index (χ1n) is 6.87. The number of hydrogen-bond acceptors (Lipinski definition) is 4. The van der Waals surface area contributed by atoms with E-state index in [0.29, 0.717) is 17.7 Å². The van der Waals surface area contributed by atoms with Crippen molar-refractivity contribution in [1.82, 2.24) is 19.5 Å².